The molecular formula is C12H14F3NO2. The number of alkyl halides is 3. The Morgan fingerprint density at radius 3 is 2.50 bits per heavy atom. The summed E-state index contributed by atoms with van der Waals surface area (Å²) in [5, 5.41) is 11.4. The third-order valence-corrected chi connectivity index (χ3v) is 2.58. The molecule has 0 aliphatic carbocycles. The molecule has 0 bridgehead atoms. The quantitative estimate of drug-likeness (QED) is 0.875. The highest BCUT2D eigenvalue weighted by atomic mass is 19.4. The molecular weight excluding hydrogens is 247 g/mol. The lowest BCUT2D eigenvalue weighted by molar-refractivity contribution is -0.139. The number of hydrogen-bond acceptors (Lipinski definition) is 2. The number of carboxylic acid groups (broad SMARTS) is 1. The average Bonchev–Trinajstić information content (AvgIpc) is 2.23. The van der Waals surface area contributed by atoms with Crippen LogP contribution in [0, 0.1) is 6.92 Å². The fraction of sp³-hybridized carbons (Fsp3) is 0.417. The van der Waals surface area contributed by atoms with Crippen molar-refractivity contribution in [1.29, 1.82) is 0 Å². The SMILES string of the molecule is Cc1cc(CNC(C)C(=O)O)ccc1C(F)(F)F. The predicted molar refractivity (Wildman–Crippen MR) is 60.1 cm³/mol. The van der Waals surface area contributed by atoms with Gasteiger partial charge in [0.25, 0.3) is 0 Å². The van der Waals surface area contributed by atoms with Crippen LogP contribution < -0.4 is 5.32 Å². The van der Waals surface area contributed by atoms with Crippen LogP contribution in [0.15, 0.2) is 18.2 Å². The van der Waals surface area contributed by atoms with E-state index >= 15 is 0 Å². The van der Waals surface area contributed by atoms with E-state index in [0.29, 0.717) is 5.56 Å². The highest BCUT2D eigenvalue weighted by molar-refractivity contribution is 5.72. The van der Waals surface area contributed by atoms with E-state index in [1.165, 1.54) is 26.0 Å². The van der Waals surface area contributed by atoms with Crippen molar-refractivity contribution in [3.8, 4) is 0 Å². The maximum atomic E-state index is 12.5. The van der Waals surface area contributed by atoms with Gasteiger partial charge in [-0.05, 0) is 31.0 Å². The summed E-state index contributed by atoms with van der Waals surface area (Å²) in [6.07, 6.45) is -4.36. The molecule has 1 aromatic carbocycles. The number of halogens is 3. The first-order valence-electron chi connectivity index (χ1n) is 5.34. The van der Waals surface area contributed by atoms with Gasteiger partial charge in [0.05, 0.1) is 5.56 Å². The van der Waals surface area contributed by atoms with Gasteiger partial charge in [-0.3, -0.25) is 4.79 Å². The maximum absolute atomic E-state index is 12.5. The molecule has 0 heterocycles. The highest BCUT2D eigenvalue weighted by Crippen LogP contribution is 2.31. The number of carboxylic acids is 1. The molecule has 0 fully saturated rings. The zero-order chi connectivity index (χ0) is 13.9. The summed E-state index contributed by atoms with van der Waals surface area (Å²) in [4.78, 5) is 10.6. The van der Waals surface area contributed by atoms with Crippen molar-refractivity contribution in [3.63, 3.8) is 0 Å². The number of hydrogen-bond donors (Lipinski definition) is 2. The van der Waals surface area contributed by atoms with Gasteiger partial charge in [0.1, 0.15) is 6.04 Å². The van der Waals surface area contributed by atoms with Crippen LogP contribution in [0.4, 0.5) is 13.2 Å². The molecule has 1 unspecified atom stereocenters. The minimum atomic E-state index is -4.36. The predicted octanol–water partition coefficient (Wildman–Crippen LogP) is 2.58. The maximum Gasteiger partial charge on any atom is 0.416 e. The Kier molecular flexibility index (Phi) is 4.34. The summed E-state index contributed by atoms with van der Waals surface area (Å²) in [5.74, 6) is -1.00. The van der Waals surface area contributed by atoms with Gasteiger partial charge in [-0.15, -0.1) is 0 Å². The molecule has 0 aliphatic heterocycles. The lowest BCUT2D eigenvalue weighted by atomic mass is 10.0. The molecule has 1 aromatic rings. The first kappa shape index (κ1) is 14.5. The average molecular weight is 261 g/mol. The van der Waals surface area contributed by atoms with Gasteiger partial charge in [0.15, 0.2) is 0 Å². The lowest BCUT2D eigenvalue weighted by Gasteiger charge is -2.13. The topological polar surface area (TPSA) is 49.3 Å². The molecule has 3 nitrogen and oxygen atoms in total. The van der Waals surface area contributed by atoms with E-state index in [9.17, 15) is 18.0 Å². The zero-order valence-corrected chi connectivity index (χ0v) is 10.0. The number of benzene rings is 1. The molecule has 100 valence electrons. The number of aryl methyl sites for hydroxylation is 1. The minimum Gasteiger partial charge on any atom is -0.480 e. The Bertz CT molecular complexity index is 443. The summed E-state index contributed by atoms with van der Waals surface area (Å²) in [7, 11) is 0. The number of carbonyl (C=O) groups is 1. The van der Waals surface area contributed by atoms with Crippen LogP contribution in [0.2, 0.25) is 0 Å². The van der Waals surface area contributed by atoms with E-state index < -0.39 is 23.8 Å². The molecule has 18 heavy (non-hydrogen) atoms. The summed E-state index contributed by atoms with van der Waals surface area (Å²) in [5.41, 5.74) is 0.0795. The van der Waals surface area contributed by atoms with Crippen molar-refractivity contribution in [2.75, 3.05) is 0 Å². The van der Waals surface area contributed by atoms with Crippen LogP contribution in [-0.2, 0) is 17.5 Å². The van der Waals surface area contributed by atoms with Crippen molar-refractivity contribution in [2.45, 2.75) is 32.6 Å². The fourth-order valence-corrected chi connectivity index (χ4v) is 1.51. The Morgan fingerprint density at radius 1 is 1.44 bits per heavy atom. The van der Waals surface area contributed by atoms with Gasteiger partial charge in [-0.25, -0.2) is 0 Å². The van der Waals surface area contributed by atoms with E-state index in [1.807, 2.05) is 0 Å². The van der Waals surface area contributed by atoms with Crippen LogP contribution in [0.5, 0.6) is 0 Å². The second kappa shape index (κ2) is 5.39. The third-order valence-electron chi connectivity index (χ3n) is 2.58. The summed E-state index contributed by atoms with van der Waals surface area (Å²) in [6.45, 7) is 3.07. The molecule has 0 spiro atoms. The highest BCUT2D eigenvalue weighted by Gasteiger charge is 2.32. The van der Waals surface area contributed by atoms with Gasteiger partial charge in [0.2, 0.25) is 0 Å². The summed E-state index contributed by atoms with van der Waals surface area (Å²) < 4.78 is 37.5. The van der Waals surface area contributed by atoms with Gasteiger partial charge in [-0.2, -0.15) is 13.2 Å². The lowest BCUT2D eigenvalue weighted by Crippen LogP contribution is -2.33. The molecule has 1 rings (SSSR count). The van der Waals surface area contributed by atoms with E-state index in [-0.39, 0.29) is 12.1 Å². The van der Waals surface area contributed by atoms with E-state index in [0.717, 1.165) is 6.07 Å². The molecule has 2 N–H and O–H groups in total. The smallest absolute Gasteiger partial charge is 0.416 e. The normalized spacial score (nSPS) is 13.4. The van der Waals surface area contributed by atoms with Gasteiger partial charge in [-0.1, -0.05) is 12.1 Å². The number of aliphatic carboxylic acids is 1. The second-order valence-corrected chi connectivity index (χ2v) is 4.09. The Labute approximate surface area is 103 Å². The van der Waals surface area contributed by atoms with Crippen molar-refractivity contribution in [3.05, 3.63) is 34.9 Å². The second-order valence-electron chi connectivity index (χ2n) is 4.09. The fourth-order valence-electron chi connectivity index (χ4n) is 1.51. The largest absolute Gasteiger partial charge is 0.480 e. The molecule has 1 atom stereocenters. The van der Waals surface area contributed by atoms with Gasteiger partial charge in [0, 0.05) is 6.54 Å². The number of rotatable bonds is 4. The van der Waals surface area contributed by atoms with Gasteiger partial charge >= 0.3 is 12.1 Å². The monoisotopic (exact) mass is 261 g/mol. The van der Waals surface area contributed by atoms with Crippen LogP contribution in [0.1, 0.15) is 23.6 Å². The molecule has 0 aromatic heterocycles. The Morgan fingerprint density at radius 2 is 2.06 bits per heavy atom. The summed E-state index contributed by atoms with van der Waals surface area (Å²) >= 11 is 0. The van der Waals surface area contributed by atoms with Crippen molar-refractivity contribution in [1.82, 2.24) is 5.32 Å². The van der Waals surface area contributed by atoms with Crippen molar-refractivity contribution >= 4 is 5.97 Å². The summed E-state index contributed by atoms with van der Waals surface area (Å²) in [6, 6.07) is 3.02. The van der Waals surface area contributed by atoms with Crippen LogP contribution in [0.3, 0.4) is 0 Å². The van der Waals surface area contributed by atoms with Crippen LogP contribution in [0.25, 0.3) is 0 Å². The molecule has 6 heteroatoms. The number of nitrogens with one attached hydrogen (secondary N) is 1. The molecule has 0 saturated heterocycles. The molecule has 0 radical (unpaired) electrons. The van der Waals surface area contributed by atoms with Crippen LogP contribution in [-0.4, -0.2) is 17.1 Å². The minimum absolute atomic E-state index is 0.129. The standard InChI is InChI=1S/C12H14F3NO2/c1-7-5-9(6-16-8(2)11(17)18)3-4-10(7)12(13,14)15/h3-5,8,16H,6H2,1-2H3,(H,17,18). The Hall–Kier alpha value is -1.56. The van der Waals surface area contributed by atoms with E-state index in [1.54, 1.807) is 0 Å². The van der Waals surface area contributed by atoms with Crippen LogP contribution >= 0.6 is 0 Å². The first-order valence-corrected chi connectivity index (χ1v) is 5.34. The van der Waals surface area contributed by atoms with E-state index in [4.69, 9.17) is 5.11 Å². The first-order chi connectivity index (χ1) is 8.21. The zero-order valence-electron chi connectivity index (χ0n) is 10.0. The van der Waals surface area contributed by atoms with Crippen molar-refractivity contribution in [2.24, 2.45) is 0 Å². The molecule has 0 saturated carbocycles. The molecule has 0 aliphatic rings. The van der Waals surface area contributed by atoms with E-state index in [2.05, 4.69) is 5.32 Å². The third kappa shape index (κ3) is 3.73. The Balaban J connectivity index is 2.77. The molecule has 0 amide bonds. The van der Waals surface area contributed by atoms with Gasteiger partial charge < -0.3 is 10.4 Å². The van der Waals surface area contributed by atoms with Crippen molar-refractivity contribution < 1.29 is 23.1 Å².